The van der Waals surface area contributed by atoms with E-state index < -0.39 is 11.9 Å². The number of ether oxygens (including phenoxy) is 1. The fourth-order valence-electron chi connectivity index (χ4n) is 1.63. The number of hydrogen-bond acceptors (Lipinski definition) is 1. The third kappa shape index (κ3) is 2.77. The van der Waals surface area contributed by atoms with Gasteiger partial charge in [0.15, 0.2) is 0 Å². The zero-order chi connectivity index (χ0) is 13.1. The predicted octanol–water partition coefficient (Wildman–Crippen LogP) is 5.07. The highest BCUT2D eigenvalue weighted by Crippen LogP contribution is 2.34. The largest absolute Gasteiger partial charge is 0.486 e. The van der Waals surface area contributed by atoms with E-state index in [4.69, 9.17) is 27.9 Å². The minimum absolute atomic E-state index is 0.00471. The Morgan fingerprint density at radius 1 is 1.28 bits per heavy atom. The van der Waals surface area contributed by atoms with E-state index in [9.17, 15) is 4.39 Å². The van der Waals surface area contributed by atoms with Gasteiger partial charge in [-0.1, -0.05) is 35.3 Å². The molecule has 0 bridgehead atoms. The topological polar surface area (TPSA) is 9.23 Å². The first kappa shape index (κ1) is 13.2. The molecule has 2 aromatic carbocycles. The van der Waals surface area contributed by atoms with Gasteiger partial charge in [0.1, 0.15) is 17.7 Å². The summed E-state index contributed by atoms with van der Waals surface area (Å²) < 4.78 is 19.1. The highest BCUT2D eigenvalue weighted by atomic mass is 35.5. The summed E-state index contributed by atoms with van der Waals surface area (Å²) in [4.78, 5) is 0. The summed E-state index contributed by atoms with van der Waals surface area (Å²) in [5, 5.41) is 0.378. The van der Waals surface area contributed by atoms with Gasteiger partial charge in [0.2, 0.25) is 0 Å². The van der Waals surface area contributed by atoms with Crippen molar-refractivity contribution in [2.75, 3.05) is 0 Å². The highest BCUT2D eigenvalue weighted by molar-refractivity contribution is 6.36. The standard InChI is InChI=1S/C14H10Cl2FO/c1-9(18-10-5-3-2-4-6-10)13-11(15)7-8-12(17)14(13)16/h2-3,5-9H,1H3. The highest BCUT2D eigenvalue weighted by Gasteiger charge is 2.18. The van der Waals surface area contributed by atoms with E-state index in [-0.39, 0.29) is 5.02 Å². The lowest BCUT2D eigenvalue weighted by molar-refractivity contribution is 0.226. The maximum Gasteiger partial charge on any atom is 0.142 e. The van der Waals surface area contributed by atoms with Gasteiger partial charge in [0.25, 0.3) is 0 Å². The van der Waals surface area contributed by atoms with Crippen LogP contribution in [0.2, 0.25) is 10.0 Å². The maximum atomic E-state index is 13.4. The van der Waals surface area contributed by atoms with E-state index in [1.165, 1.54) is 12.1 Å². The number of halogens is 3. The number of benzene rings is 2. The minimum atomic E-state index is -0.508. The first-order chi connectivity index (χ1) is 8.59. The molecule has 0 fully saturated rings. The molecule has 0 aliphatic heterocycles. The lowest BCUT2D eigenvalue weighted by Crippen LogP contribution is -2.05. The van der Waals surface area contributed by atoms with Crippen LogP contribution in [0.1, 0.15) is 18.6 Å². The average Bonchev–Trinajstić information content (AvgIpc) is 2.36. The molecule has 18 heavy (non-hydrogen) atoms. The second-order valence-corrected chi connectivity index (χ2v) is 4.54. The fraction of sp³-hybridized carbons (Fsp3) is 0.143. The van der Waals surface area contributed by atoms with Crippen molar-refractivity contribution in [1.29, 1.82) is 0 Å². The van der Waals surface area contributed by atoms with Gasteiger partial charge in [-0.25, -0.2) is 4.39 Å². The molecule has 0 spiro atoms. The summed E-state index contributed by atoms with van der Waals surface area (Å²) in [5.41, 5.74) is 0.446. The normalized spacial score (nSPS) is 12.2. The molecule has 0 aromatic heterocycles. The Kier molecular flexibility index (Phi) is 4.10. The molecule has 0 heterocycles. The van der Waals surface area contributed by atoms with Gasteiger partial charge in [-0.05, 0) is 37.3 Å². The summed E-state index contributed by atoms with van der Waals surface area (Å²) in [6.45, 7) is 1.76. The van der Waals surface area contributed by atoms with Gasteiger partial charge in [0, 0.05) is 10.6 Å². The van der Waals surface area contributed by atoms with E-state index in [2.05, 4.69) is 6.07 Å². The molecule has 4 heteroatoms. The van der Waals surface area contributed by atoms with Crippen LogP contribution in [-0.4, -0.2) is 0 Å². The molecule has 1 nitrogen and oxygen atoms in total. The van der Waals surface area contributed by atoms with Crippen LogP contribution in [0.4, 0.5) is 4.39 Å². The molecule has 1 unspecified atom stereocenters. The van der Waals surface area contributed by atoms with Crippen molar-refractivity contribution in [3.05, 3.63) is 63.9 Å². The van der Waals surface area contributed by atoms with Crippen LogP contribution in [-0.2, 0) is 0 Å². The molecular formula is C14H10Cl2FO. The van der Waals surface area contributed by atoms with Crippen LogP contribution < -0.4 is 4.74 Å². The van der Waals surface area contributed by atoms with Crippen molar-refractivity contribution in [3.8, 4) is 5.75 Å². The third-order valence-corrected chi connectivity index (χ3v) is 3.19. The molecule has 0 N–H and O–H groups in total. The summed E-state index contributed by atoms with van der Waals surface area (Å²) in [6.07, 6.45) is -0.448. The summed E-state index contributed by atoms with van der Waals surface area (Å²) in [5.74, 6) is 0.118. The van der Waals surface area contributed by atoms with Crippen LogP contribution >= 0.6 is 23.2 Å². The Balaban J connectivity index is 2.29. The van der Waals surface area contributed by atoms with E-state index in [1.54, 1.807) is 31.2 Å². The quantitative estimate of drug-likeness (QED) is 0.715. The third-order valence-electron chi connectivity index (χ3n) is 2.48. The first-order valence-corrected chi connectivity index (χ1v) is 6.11. The van der Waals surface area contributed by atoms with Crippen molar-refractivity contribution in [1.82, 2.24) is 0 Å². The molecule has 1 radical (unpaired) electrons. The number of hydrogen-bond donors (Lipinski definition) is 0. The molecular weight excluding hydrogens is 274 g/mol. The van der Waals surface area contributed by atoms with Gasteiger partial charge in [-0.15, -0.1) is 0 Å². The molecule has 93 valence electrons. The molecule has 0 aliphatic carbocycles. The van der Waals surface area contributed by atoms with Crippen molar-refractivity contribution < 1.29 is 9.13 Å². The average molecular weight is 284 g/mol. The van der Waals surface area contributed by atoms with Gasteiger partial charge in [-0.3, -0.25) is 0 Å². The smallest absolute Gasteiger partial charge is 0.142 e. The van der Waals surface area contributed by atoms with Crippen molar-refractivity contribution >= 4 is 23.2 Å². The van der Waals surface area contributed by atoms with E-state index in [0.29, 0.717) is 16.3 Å². The zero-order valence-electron chi connectivity index (χ0n) is 9.58. The Labute approximate surface area is 115 Å². The van der Waals surface area contributed by atoms with E-state index >= 15 is 0 Å². The van der Waals surface area contributed by atoms with Crippen molar-refractivity contribution in [2.24, 2.45) is 0 Å². The van der Waals surface area contributed by atoms with Gasteiger partial charge < -0.3 is 4.74 Å². The molecule has 2 aromatic rings. The fourth-order valence-corrected chi connectivity index (χ4v) is 2.31. The van der Waals surface area contributed by atoms with Gasteiger partial charge >= 0.3 is 0 Å². The summed E-state index contributed by atoms with van der Waals surface area (Å²) in [7, 11) is 0. The van der Waals surface area contributed by atoms with Gasteiger partial charge in [-0.2, -0.15) is 0 Å². The Bertz CT molecular complexity index is 543. The van der Waals surface area contributed by atoms with Crippen LogP contribution in [0.25, 0.3) is 0 Å². The summed E-state index contributed by atoms with van der Waals surface area (Å²) >= 11 is 11.9. The molecule has 0 aliphatic rings. The number of rotatable bonds is 3. The van der Waals surface area contributed by atoms with E-state index in [0.717, 1.165) is 0 Å². The van der Waals surface area contributed by atoms with Crippen LogP contribution in [0.3, 0.4) is 0 Å². The molecule has 1 atom stereocenters. The predicted molar refractivity (Wildman–Crippen MR) is 70.7 cm³/mol. The van der Waals surface area contributed by atoms with Crippen LogP contribution in [0.15, 0.2) is 36.4 Å². The van der Waals surface area contributed by atoms with Crippen molar-refractivity contribution in [2.45, 2.75) is 13.0 Å². The second-order valence-electron chi connectivity index (χ2n) is 3.76. The second kappa shape index (κ2) is 5.59. The monoisotopic (exact) mass is 283 g/mol. The summed E-state index contributed by atoms with van der Waals surface area (Å²) in [6, 6.07) is 12.6. The van der Waals surface area contributed by atoms with Crippen molar-refractivity contribution in [3.63, 3.8) is 0 Å². The van der Waals surface area contributed by atoms with Crippen LogP contribution in [0.5, 0.6) is 5.75 Å². The van der Waals surface area contributed by atoms with E-state index in [1.807, 2.05) is 0 Å². The Hall–Kier alpha value is -1.25. The van der Waals surface area contributed by atoms with Crippen LogP contribution in [0, 0.1) is 11.9 Å². The lowest BCUT2D eigenvalue weighted by atomic mass is 10.1. The Morgan fingerprint density at radius 2 is 2.06 bits per heavy atom. The molecule has 0 saturated heterocycles. The maximum absolute atomic E-state index is 13.4. The minimum Gasteiger partial charge on any atom is -0.486 e. The Morgan fingerprint density at radius 3 is 2.72 bits per heavy atom. The SMILES string of the molecule is CC(Oc1c[c]ccc1)c1c(Cl)ccc(F)c1Cl. The first-order valence-electron chi connectivity index (χ1n) is 5.35. The molecule has 0 saturated carbocycles. The van der Waals surface area contributed by atoms with Gasteiger partial charge in [0.05, 0.1) is 5.02 Å². The molecule has 0 amide bonds. The lowest BCUT2D eigenvalue weighted by Gasteiger charge is -2.17. The zero-order valence-corrected chi connectivity index (χ0v) is 11.1. The molecule has 2 rings (SSSR count).